The van der Waals surface area contributed by atoms with E-state index in [2.05, 4.69) is 20.3 Å². The van der Waals surface area contributed by atoms with Crippen molar-refractivity contribution in [2.24, 2.45) is 11.8 Å². The fraction of sp³-hybridized carbons (Fsp3) is 0.895. The Kier molecular flexibility index (Phi) is 7.09. The Balaban J connectivity index is 2.26. The van der Waals surface area contributed by atoms with Gasteiger partial charge in [-0.3, -0.25) is 0 Å². The van der Waals surface area contributed by atoms with Crippen LogP contribution in [-0.4, -0.2) is 13.3 Å². The summed E-state index contributed by atoms with van der Waals surface area (Å²) in [5, 5.41) is 1.93. The van der Waals surface area contributed by atoms with Crippen molar-refractivity contribution in [1.29, 1.82) is 0 Å². The first-order valence-electron chi connectivity index (χ1n) is 9.14. The molecule has 0 atom stereocenters. The van der Waals surface area contributed by atoms with Crippen LogP contribution in [0.2, 0.25) is 0 Å². The average molecular weight is 294 g/mol. The van der Waals surface area contributed by atoms with Gasteiger partial charge in [-0.15, -0.1) is 0 Å². The van der Waals surface area contributed by atoms with Crippen molar-refractivity contribution < 1.29 is 0 Å². The van der Waals surface area contributed by atoms with Gasteiger partial charge in [0, 0.05) is 0 Å². The molecule has 0 amide bonds. The maximum absolute atomic E-state index is 2.51. The molecule has 2 fully saturated rings. The van der Waals surface area contributed by atoms with Crippen LogP contribution in [0.5, 0.6) is 0 Å². The zero-order valence-electron chi connectivity index (χ0n) is 14.1. The highest BCUT2D eigenvalue weighted by molar-refractivity contribution is 7.60. The van der Waals surface area contributed by atoms with E-state index in [1.807, 2.05) is 10.9 Å². The van der Waals surface area contributed by atoms with Gasteiger partial charge in [-0.25, -0.2) is 0 Å². The molecule has 0 unspecified atom stereocenters. The molecule has 0 radical (unpaired) electrons. The number of hydrogen-bond acceptors (Lipinski definition) is 0. The third-order valence-electron chi connectivity index (χ3n) is 5.45. The van der Waals surface area contributed by atoms with Gasteiger partial charge in [0.05, 0.1) is 0 Å². The maximum atomic E-state index is 2.51. The molecule has 0 heterocycles. The first-order valence-corrected chi connectivity index (χ1v) is 11.4. The normalized spacial score (nSPS) is 22.2. The first kappa shape index (κ1) is 16.5. The Morgan fingerprint density at radius 2 is 1.25 bits per heavy atom. The quantitative estimate of drug-likeness (QED) is 0.482. The minimum atomic E-state index is 0.121. The summed E-state index contributed by atoms with van der Waals surface area (Å²) < 4.78 is 0. The van der Waals surface area contributed by atoms with Crippen molar-refractivity contribution in [3.05, 3.63) is 10.9 Å². The molecule has 0 bridgehead atoms. The highest BCUT2D eigenvalue weighted by atomic mass is 31.1. The fourth-order valence-corrected chi connectivity index (χ4v) is 6.05. The van der Waals surface area contributed by atoms with E-state index in [-0.39, 0.29) is 7.92 Å². The van der Waals surface area contributed by atoms with E-state index in [1.165, 1.54) is 77.0 Å². The minimum absolute atomic E-state index is 0.121. The first-order chi connectivity index (χ1) is 9.74. The summed E-state index contributed by atoms with van der Waals surface area (Å²) in [5.74, 6) is 1.94. The van der Waals surface area contributed by atoms with E-state index >= 15 is 0 Å². The lowest BCUT2D eigenvalue weighted by Crippen LogP contribution is -2.20. The summed E-state index contributed by atoms with van der Waals surface area (Å²) >= 11 is 0. The molecular weight excluding hydrogens is 259 g/mol. The zero-order valence-corrected chi connectivity index (χ0v) is 15.0. The number of hydrogen-bond donors (Lipinski definition) is 0. The van der Waals surface area contributed by atoms with E-state index < -0.39 is 0 Å². The van der Waals surface area contributed by atoms with Crippen LogP contribution in [0.3, 0.4) is 0 Å². The van der Waals surface area contributed by atoms with Crippen molar-refractivity contribution in [1.82, 2.24) is 0 Å². The van der Waals surface area contributed by atoms with Crippen molar-refractivity contribution >= 4 is 7.92 Å². The van der Waals surface area contributed by atoms with E-state index in [1.54, 1.807) is 0 Å². The summed E-state index contributed by atoms with van der Waals surface area (Å²) in [6.07, 6.45) is 17.7. The monoisotopic (exact) mass is 294 g/mol. The average Bonchev–Trinajstić information content (AvgIpc) is 2.49. The van der Waals surface area contributed by atoms with Gasteiger partial charge in [-0.1, -0.05) is 65.4 Å². The summed E-state index contributed by atoms with van der Waals surface area (Å²) in [6.45, 7) is 7.39. The Morgan fingerprint density at radius 1 is 0.800 bits per heavy atom. The SMILES string of the molecule is CCCC(=C(C1CCCCC1)C1CCCCC1)P(C)C. The Hall–Kier alpha value is 0.170. The minimum Gasteiger partial charge on any atom is -0.0862 e. The van der Waals surface area contributed by atoms with Gasteiger partial charge < -0.3 is 0 Å². The van der Waals surface area contributed by atoms with Crippen molar-refractivity contribution in [2.45, 2.75) is 84.0 Å². The fourth-order valence-electron chi connectivity index (χ4n) is 4.49. The van der Waals surface area contributed by atoms with E-state index in [9.17, 15) is 0 Å². The van der Waals surface area contributed by atoms with E-state index in [0.29, 0.717) is 0 Å². The number of rotatable bonds is 5. The van der Waals surface area contributed by atoms with Crippen LogP contribution in [-0.2, 0) is 0 Å². The van der Waals surface area contributed by atoms with Crippen LogP contribution < -0.4 is 0 Å². The standard InChI is InChI=1S/C19H35P/c1-4-11-18(20(2)3)19(16-12-7-5-8-13-16)17-14-9-6-10-15-17/h16-17H,4-15H2,1-3H3. The summed E-state index contributed by atoms with van der Waals surface area (Å²) in [7, 11) is 0.121. The second kappa shape index (κ2) is 8.57. The maximum Gasteiger partial charge on any atom is -0.0194 e. The molecule has 0 N–H and O–H groups in total. The van der Waals surface area contributed by atoms with Crippen molar-refractivity contribution in [2.75, 3.05) is 13.3 Å². The molecule has 1 heteroatoms. The molecule has 0 nitrogen and oxygen atoms in total. The van der Waals surface area contributed by atoms with Gasteiger partial charge in [0.15, 0.2) is 0 Å². The molecule has 0 aromatic heterocycles. The highest BCUT2D eigenvalue weighted by Gasteiger charge is 2.28. The van der Waals surface area contributed by atoms with Gasteiger partial charge in [0.25, 0.3) is 0 Å². The molecular formula is C19H35P. The summed E-state index contributed by atoms with van der Waals surface area (Å²) in [4.78, 5) is 0. The summed E-state index contributed by atoms with van der Waals surface area (Å²) in [6, 6.07) is 0. The molecule has 0 aromatic carbocycles. The molecule has 0 aliphatic heterocycles. The lowest BCUT2D eigenvalue weighted by Gasteiger charge is -2.36. The Labute approximate surface area is 128 Å². The predicted octanol–water partition coefficient (Wildman–Crippen LogP) is 6.94. The third kappa shape index (κ3) is 4.33. The van der Waals surface area contributed by atoms with Crippen LogP contribution in [0.15, 0.2) is 10.9 Å². The van der Waals surface area contributed by atoms with Gasteiger partial charge in [0.1, 0.15) is 0 Å². The largest absolute Gasteiger partial charge is 0.0862 e. The third-order valence-corrected chi connectivity index (χ3v) is 7.01. The summed E-state index contributed by atoms with van der Waals surface area (Å²) in [5.41, 5.74) is 2.00. The molecule has 20 heavy (non-hydrogen) atoms. The predicted molar refractivity (Wildman–Crippen MR) is 93.9 cm³/mol. The second-order valence-corrected chi connectivity index (χ2v) is 9.55. The molecule has 2 saturated carbocycles. The zero-order chi connectivity index (χ0) is 14.4. The van der Waals surface area contributed by atoms with E-state index in [4.69, 9.17) is 0 Å². The Bertz CT molecular complexity index is 284. The highest BCUT2D eigenvalue weighted by Crippen LogP contribution is 2.50. The van der Waals surface area contributed by atoms with Gasteiger partial charge >= 0.3 is 0 Å². The van der Waals surface area contributed by atoms with Crippen LogP contribution in [0.4, 0.5) is 0 Å². The molecule has 2 aliphatic rings. The second-order valence-electron chi connectivity index (χ2n) is 7.22. The topological polar surface area (TPSA) is 0 Å². The molecule has 2 rings (SSSR count). The van der Waals surface area contributed by atoms with Crippen LogP contribution in [0.25, 0.3) is 0 Å². The Morgan fingerprint density at radius 3 is 1.60 bits per heavy atom. The van der Waals surface area contributed by atoms with E-state index in [0.717, 1.165) is 11.8 Å². The van der Waals surface area contributed by atoms with Gasteiger partial charge in [-0.05, 0) is 62.6 Å². The van der Waals surface area contributed by atoms with Crippen LogP contribution in [0, 0.1) is 11.8 Å². The molecule has 0 spiro atoms. The van der Waals surface area contributed by atoms with Crippen LogP contribution in [0.1, 0.15) is 84.0 Å². The van der Waals surface area contributed by atoms with Gasteiger partial charge in [0.2, 0.25) is 0 Å². The van der Waals surface area contributed by atoms with Crippen molar-refractivity contribution in [3.8, 4) is 0 Å². The van der Waals surface area contributed by atoms with Gasteiger partial charge in [-0.2, -0.15) is 0 Å². The van der Waals surface area contributed by atoms with Crippen molar-refractivity contribution in [3.63, 3.8) is 0 Å². The molecule has 116 valence electrons. The molecule has 0 saturated heterocycles. The lowest BCUT2D eigenvalue weighted by atomic mass is 9.73. The molecule has 2 aliphatic carbocycles. The smallest absolute Gasteiger partial charge is 0.0194 e. The lowest BCUT2D eigenvalue weighted by molar-refractivity contribution is 0.324. The number of allylic oxidation sites excluding steroid dienone is 2. The van der Waals surface area contributed by atoms with Crippen LogP contribution >= 0.6 is 7.92 Å². The molecule has 0 aromatic rings.